The first-order valence-corrected chi connectivity index (χ1v) is 34.8. The molecule has 10 saturated heterocycles. The summed E-state index contributed by atoms with van der Waals surface area (Å²) in [6.07, 6.45) is 8.46. The average molecular weight is 1340 g/mol. The maximum atomic E-state index is 13.9. The Morgan fingerprint density at radius 1 is 0.812 bits per heavy atom. The molecule has 0 saturated carbocycles. The van der Waals surface area contributed by atoms with Crippen molar-refractivity contribution in [1.82, 2.24) is 26.2 Å². The average Bonchev–Trinajstić information content (AvgIpc) is 0.910. The first-order chi connectivity index (χ1) is 46.0. The minimum atomic E-state index is -1.08. The largest absolute Gasteiger partial charge is 0.445 e. The van der Waals surface area contributed by atoms with Crippen molar-refractivity contribution in [1.29, 1.82) is 0 Å². The first-order valence-electron chi connectivity index (χ1n) is 34.8. The van der Waals surface area contributed by atoms with Gasteiger partial charge in [-0.3, -0.25) is 33.7 Å². The number of unbranched alkanes of at least 4 members (excludes halogenated alkanes) is 2. The van der Waals surface area contributed by atoms with Crippen molar-refractivity contribution in [2.45, 2.75) is 260 Å². The Morgan fingerprint density at radius 3 is 2.31 bits per heavy atom. The number of alkyl carbamates (subject to hydrolysis) is 1. The van der Waals surface area contributed by atoms with Crippen LogP contribution >= 0.6 is 0 Å². The van der Waals surface area contributed by atoms with E-state index in [4.69, 9.17) is 53.1 Å². The molecule has 96 heavy (non-hydrogen) atoms. The van der Waals surface area contributed by atoms with E-state index in [1.165, 1.54) is 12.2 Å². The van der Waals surface area contributed by atoms with Crippen molar-refractivity contribution in [3.05, 3.63) is 66.3 Å². The van der Waals surface area contributed by atoms with E-state index in [-0.39, 0.29) is 180 Å². The summed E-state index contributed by atoms with van der Waals surface area (Å²) in [7, 11) is 1.56. The number of imide groups is 1. The molecule has 20 atom stereocenters. The standard InChI is InChI=1S/C70H101N7O19/c1-38(2)62(76-58(80)13-9-8-10-27-77-59(81)22-23-60(77)82)66(84)75-51(12-11-26-72-68(71)85)65(83)74-45-16-14-43(15-17-45)36-89-69(86)73-35-47(79)32-55-63(87-7)44(37-88-55)30-46(78)31-49-19-21-53-64(92-49)56-33-54(93-53)61-57-34-70(95-56,96-67(61)94-57)25-24-50-29-40(4)52(91-50)20-18-48-28-39(3)41(5)42(6)90-48/h14-17,22-23,38-39,42,44,47-57,61-64,67,79H,4-5,8-13,18-21,24-37H2,1-3,6-7H3,(H,73,86)(H,74,83)(H,75,84)(H,76,80)(H3,71,72,85)/t39-,42-,44?,47?,48?,49?,50?,51?,52?,53?,54?,55-,56?,57-,61?,62+,63-,64+,67?,70-/m1/s1. The van der Waals surface area contributed by atoms with Gasteiger partial charge in [0.1, 0.15) is 30.6 Å². The molecule has 0 radical (unpaired) electrons. The maximum absolute atomic E-state index is 13.9. The van der Waals surface area contributed by atoms with E-state index in [9.17, 15) is 43.5 Å². The summed E-state index contributed by atoms with van der Waals surface area (Å²) in [4.78, 5) is 103. The highest BCUT2D eigenvalue weighted by Crippen LogP contribution is 2.55. The van der Waals surface area contributed by atoms with Crippen LogP contribution in [0.3, 0.4) is 0 Å². The molecule has 10 fully saturated rings. The number of aliphatic hydroxyl groups excluding tert-OH is 1. The minimum Gasteiger partial charge on any atom is -0.445 e. The van der Waals surface area contributed by atoms with E-state index in [1.807, 2.05) is 0 Å². The topological polar surface area (TPSA) is 339 Å². The van der Waals surface area contributed by atoms with Crippen LogP contribution < -0.4 is 32.3 Å². The second-order valence-corrected chi connectivity index (χ2v) is 28.2. The zero-order valence-electron chi connectivity index (χ0n) is 56.2. The van der Waals surface area contributed by atoms with E-state index in [0.717, 1.165) is 54.6 Å². The van der Waals surface area contributed by atoms with E-state index >= 15 is 0 Å². The zero-order chi connectivity index (χ0) is 68.4. The summed E-state index contributed by atoms with van der Waals surface area (Å²) in [6.45, 7) is 16.8. The second kappa shape index (κ2) is 33.1. The van der Waals surface area contributed by atoms with E-state index in [1.54, 1.807) is 45.2 Å². The Morgan fingerprint density at radius 2 is 1.59 bits per heavy atom. The van der Waals surface area contributed by atoms with Crippen LogP contribution in [0.5, 0.6) is 0 Å². The van der Waals surface area contributed by atoms with Gasteiger partial charge in [0.2, 0.25) is 17.7 Å². The fourth-order valence-electron chi connectivity index (χ4n) is 15.3. The molecule has 530 valence electrons. The number of ether oxygens (including phenoxy) is 10. The normalized spacial score (nSPS) is 32.9. The van der Waals surface area contributed by atoms with Gasteiger partial charge in [-0.2, -0.15) is 0 Å². The third-order valence-corrected chi connectivity index (χ3v) is 20.6. The number of carbonyl (C=O) groups is 8. The third-order valence-electron chi connectivity index (χ3n) is 20.6. The molecule has 8 N–H and O–H groups in total. The smallest absolute Gasteiger partial charge is 0.407 e. The highest BCUT2D eigenvalue weighted by atomic mass is 16.8. The van der Waals surface area contributed by atoms with Crippen molar-refractivity contribution >= 4 is 53.1 Å². The van der Waals surface area contributed by atoms with Gasteiger partial charge >= 0.3 is 12.1 Å². The van der Waals surface area contributed by atoms with Crippen LogP contribution in [0.1, 0.15) is 155 Å². The van der Waals surface area contributed by atoms with Gasteiger partial charge in [0.25, 0.3) is 11.8 Å². The number of anilines is 1. The maximum Gasteiger partial charge on any atom is 0.407 e. The number of hydrogen-bond donors (Lipinski definition) is 7. The van der Waals surface area contributed by atoms with Crippen LogP contribution in [-0.2, 0) is 82.7 Å². The number of methoxy groups -OCH3 is 1. The summed E-state index contributed by atoms with van der Waals surface area (Å²) in [5.41, 5.74) is 8.48. The lowest BCUT2D eigenvalue weighted by Gasteiger charge is -2.63. The number of hydrogen-bond acceptors (Lipinski definition) is 19. The highest BCUT2D eigenvalue weighted by Gasteiger charge is 2.65. The lowest BCUT2D eigenvalue weighted by Crippen LogP contribution is -2.72. The lowest BCUT2D eigenvalue weighted by atomic mass is 9.75. The molecule has 11 aliphatic rings. The summed E-state index contributed by atoms with van der Waals surface area (Å²) in [5.74, 6) is -3.12. The van der Waals surface area contributed by atoms with Gasteiger partial charge in [-0.25, -0.2) is 9.59 Å². The van der Waals surface area contributed by atoms with Crippen molar-refractivity contribution in [2.24, 2.45) is 29.4 Å². The van der Waals surface area contributed by atoms with Gasteiger partial charge < -0.3 is 84.8 Å². The molecule has 6 bridgehead atoms. The number of nitrogens with one attached hydrogen (secondary N) is 5. The van der Waals surface area contributed by atoms with Crippen molar-refractivity contribution in [3.63, 3.8) is 0 Å². The number of carbonyl (C=O) groups excluding carboxylic acids is 8. The first kappa shape index (κ1) is 72.5. The van der Waals surface area contributed by atoms with Crippen molar-refractivity contribution < 1.29 is 90.8 Å². The molecule has 1 aromatic carbocycles. The van der Waals surface area contributed by atoms with E-state index in [0.29, 0.717) is 62.1 Å². The van der Waals surface area contributed by atoms with Crippen LogP contribution in [0.2, 0.25) is 0 Å². The SMILES string of the molecule is C=C1CC(CC[C@]23C[C@H]4OC(O2)C4C2CC(O3)[C@H]3OC(CC(=O)CC4CO[C@H](CC(O)CNC(=O)OCc5ccc(NC(=O)C(CCCNC(N)=O)NC(=O)[C@@H](NC(=O)CCCCCN6C(=O)C=CC6=O)C(C)C)cc5)[C@@H]4OC)CCC3O2)OC1CCC1C[C@@H](C)C(=C)[C@@H](C)O1. The molecule has 0 aliphatic carbocycles. The number of ketones is 1. The van der Waals surface area contributed by atoms with Gasteiger partial charge in [-0.05, 0) is 118 Å². The predicted octanol–water partition coefficient (Wildman–Crippen LogP) is 5.75. The van der Waals surface area contributed by atoms with Gasteiger partial charge in [0, 0.05) is 95.4 Å². The number of aliphatic hydroxyl groups is 1. The molecule has 11 aliphatic heterocycles. The number of benzene rings is 1. The molecule has 0 aromatic heterocycles. The summed E-state index contributed by atoms with van der Waals surface area (Å²) < 4.78 is 63.9. The van der Waals surface area contributed by atoms with Crippen LogP contribution in [-0.4, -0.2) is 194 Å². The number of primary amides is 1. The quantitative estimate of drug-likeness (QED) is 0.0250. The predicted molar refractivity (Wildman–Crippen MR) is 347 cm³/mol. The Kier molecular flexibility index (Phi) is 25.0. The number of fused-ring (bicyclic) bond motifs is 1. The molecule has 1 aromatic rings. The number of nitrogens with zero attached hydrogens (tertiary/aromatic N) is 1. The second-order valence-electron chi connectivity index (χ2n) is 28.2. The van der Waals surface area contributed by atoms with Crippen LogP contribution in [0.4, 0.5) is 15.3 Å². The van der Waals surface area contributed by atoms with E-state index < -0.39 is 60.1 Å². The van der Waals surface area contributed by atoms with Crippen LogP contribution in [0.15, 0.2) is 60.7 Å². The van der Waals surface area contributed by atoms with Gasteiger partial charge in [0.15, 0.2) is 12.1 Å². The number of urea groups is 1. The number of Topliss-reactive ketones (excluding diaryl/α,β-unsaturated/α-hetero) is 1. The fourth-order valence-corrected chi connectivity index (χ4v) is 15.3. The molecular weight excluding hydrogens is 1240 g/mol. The number of rotatable bonds is 33. The number of nitrogens with two attached hydrogens (primary N) is 1. The Labute approximate surface area is 562 Å². The van der Waals surface area contributed by atoms with Crippen molar-refractivity contribution in [3.8, 4) is 0 Å². The van der Waals surface area contributed by atoms with Gasteiger partial charge in [-0.1, -0.05) is 52.5 Å². The van der Waals surface area contributed by atoms with Crippen LogP contribution in [0, 0.1) is 23.7 Å². The van der Waals surface area contributed by atoms with Gasteiger partial charge in [-0.15, -0.1) is 0 Å². The summed E-state index contributed by atoms with van der Waals surface area (Å²) in [5, 5.41) is 24.4. The molecule has 12 unspecified atom stereocenters. The van der Waals surface area contributed by atoms with Crippen molar-refractivity contribution in [2.75, 3.05) is 38.7 Å². The minimum absolute atomic E-state index is 0.00653. The van der Waals surface area contributed by atoms with E-state index in [2.05, 4.69) is 53.6 Å². The highest BCUT2D eigenvalue weighted by molar-refractivity contribution is 6.12. The molecule has 26 nitrogen and oxygen atoms in total. The molecule has 0 spiro atoms. The van der Waals surface area contributed by atoms with Crippen LogP contribution in [0.25, 0.3) is 0 Å². The number of amides is 8. The molecule has 12 rings (SSSR count). The fraction of sp³-hybridized carbons (Fsp3) is 0.714. The molecule has 11 heterocycles. The third kappa shape index (κ3) is 18.8. The van der Waals surface area contributed by atoms with Gasteiger partial charge in [0.05, 0.1) is 85.8 Å². The molecule has 8 amide bonds. The Balaban J connectivity index is 0.624. The molecular formula is C70H101N7O19. The zero-order valence-corrected chi connectivity index (χ0v) is 56.2. The summed E-state index contributed by atoms with van der Waals surface area (Å²) >= 11 is 0. The monoisotopic (exact) mass is 1340 g/mol. The molecule has 26 heteroatoms. The summed E-state index contributed by atoms with van der Waals surface area (Å²) in [6, 6.07) is 3.69. The lowest BCUT2D eigenvalue weighted by molar-refractivity contribution is -0.483. The Bertz CT molecular complexity index is 2940. The Hall–Kier alpha value is -6.20.